The minimum atomic E-state index is -3.00. The van der Waals surface area contributed by atoms with E-state index in [9.17, 15) is 0 Å². The summed E-state index contributed by atoms with van der Waals surface area (Å²) in [5, 5.41) is 0. The zero-order chi connectivity index (χ0) is 40.1. The molecule has 0 aromatic heterocycles. The molecule has 0 N–H and O–H groups in total. The van der Waals surface area contributed by atoms with Gasteiger partial charge in [-0.05, 0) is 75.0 Å². The van der Waals surface area contributed by atoms with Gasteiger partial charge in [0.05, 0.1) is 0 Å². The Hall–Kier alpha value is 0.548. The van der Waals surface area contributed by atoms with Crippen LogP contribution in [-0.4, -0.2) is 87.1 Å². The molecular weight excluding hydrogens is 769 g/mol. The van der Waals surface area contributed by atoms with Crippen molar-refractivity contribution in [2.45, 2.75) is 204 Å². The Morgan fingerprint density at radius 2 is 0.518 bits per heavy atom. The van der Waals surface area contributed by atoms with E-state index in [1.807, 2.05) is 0 Å². The third kappa shape index (κ3) is 13.3. The smallest absolute Gasteiger partial charge is 0.326 e. The molecule has 5 rings (SSSR count). The molecule has 1 aliphatic heterocycles. The summed E-state index contributed by atoms with van der Waals surface area (Å²) in [6.45, 7) is 24.0. The molecule has 4 saturated carbocycles. The topological polar surface area (TPSA) is 73.8 Å². The van der Waals surface area contributed by atoms with Crippen LogP contribution in [0, 0.1) is 23.7 Å². The van der Waals surface area contributed by atoms with Crippen LogP contribution in [0.5, 0.6) is 0 Å². The molecule has 5 aliphatic rings. The van der Waals surface area contributed by atoms with Crippen molar-refractivity contribution >= 4 is 34.2 Å². The van der Waals surface area contributed by atoms with Gasteiger partial charge in [-0.1, -0.05) is 107 Å². The number of ether oxygens (including phenoxy) is 4. The molecule has 0 atom stereocenters. The van der Waals surface area contributed by atoms with E-state index in [4.69, 9.17) is 35.4 Å². The van der Waals surface area contributed by atoms with Gasteiger partial charge in [-0.15, -0.1) is 0 Å². The molecule has 0 unspecified atom stereocenters. The largest absolute Gasteiger partial charge is 0.415 e. The van der Waals surface area contributed by atoms with Gasteiger partial charge in [-0.3, -0.25) is 0 Å². The number of hydrogen-bond acceptors (Lipinski definition) is 8. The van der Waals surface area contributed by atoms with Crippen molar-refractivity contribution in [3.05, 3.63) is 0 Å². The van der Waals surface area contributed by atoms with Crippen molar-refractivity contribution in [2.75, 3.05) is 52.9 Å². The fraction of sp³-hybridized carbons (Fsp3) is 1.00. The molecule has 0 bridgehead atoms. The van der Waals surface area contributed by atoms with Crippen LogP contribution in [0.25, 0.3) is 0 Å². The lowest BCUT2D eigenvalue weighted by atomic mass is 10.2. The molecule has 0 amide bonds. The van der Waals surface area contributed by atoms with Crippen LogP contribution in [0.3, 0.4) is 0 Å². The SMILES string of the molecule is CC(C)COCC[Si]1(C2CCCC2)O[Si](CCOCC(C)C)(C2CCCC2)O[Si](CCOCC(C)C)(C2CCCC2)O[Si](CCOCC(C)C)(C2CCCC2)O1. The summed E-state index contributed by atoms with van der Waals surface area (Å²) in [5.41, 5.74) is 1.79. The van der Waals surface area contributed by atoms with E-state index >= 15 is 0 Å². The highest BCUT2D eigenvalue weighted by molar-refractivity contribution is 6.96. The van der Waals surface area contributed by atoms with Crippen LogP contribution in [0.1, 0.15) is 158 Å². The van der Waals surface area contributed by atoms with Gasteiger partial charge in [-0.25, -0.2) is 0 Å². The average Bonchev–Trinajstić information content (AvgIpc) is 3.99. The zero-order valence-corrected chi connectivity index (χ0v) is 41.7. The predicted octanol–water partition coefficient (Wildman–Crippen LogP) is 12.3. The fourth-order valence-corrected chi connectivity index (χ4v) is 39.4. The summed E-state index contributed by atoms with van der Waals surface area (Å²) < 4.78 is 60.5. The van der Waals surface area contributed by atoms with Crippen molar-refractivity contribution in [3.63, 3.8) is 0 Å². The summed E-state index contributed by atoms with van der Waals surface area (Å²) in [6, 6.07) is 3.54. The van der Waals surface area contributed by atoms with Gasteiger partial charge < -0.3 is 35.4 Å². The van der Waals surface area contributed by atoms with Crippen molar-refractivity contribution < 1.29 is 35.4 Å². The van der Waals surface area contributed by atoms with Crippen molar-refractivity contribution in [2.24, 2.45) is 23.7 Å². The van der Waals surface area contributed by atoms with E-state index in [-0.39, 0.29) is 0 Å². The van der Waals surface area contributed by atoms with E-state index in [0.29, 0.717) is 72.3 Å². The number of hydrogen-bond donors (Lipinski definition) is 0. The molecule has 0 radical (unpaired) electrons. The van der Waals surface area contributed by atoms with Crippen molar-refractivity contribution in [3.8, 4) is 0 Å². The van der Waals surface area contributed by atoms with Crippen LogP contribution in [0.15, 0.2) is 0 Å². The third-order valence-corrected chi connectivity index (χ3v) is 35.4. The summed E-state index contributed by atoms with van der Waals surface area (Å²) in [5.74, 6) is 1.99. The van der Waals surface area contributed by atoms with E-state index < -0.39 is 34.2 Å². The van der Waals surface area contributed by atoms with Crippen molar-refractivity contribution in [1.82, 2.24) is 0 Å². The van der Waals surface area contributed by atoms with E-state index in [1.54, 1.807) is 0 Å². The van der Waals surface area contributed by atoms with Crippen LogP contribution in [0.4, 0.5) is 0 Å². The Kier molecular flexibility index (Phi) is 19.7. The highest BCUT2D eigenvalue weighted by Crippen LogP contribution is 2.58. The van der Waals surface area contributed by atoms with E-state index in [2.05, 4.69) is 55.4 Å². The number of rotatable bonds is 24. The first kappa shape index (κ1) is 47.6. The first-order chi connectivity index (χ1) is 26.9. The monoisotopic (exact) mass is 857 g/mol. The molecule has 8 nitrogen and oxygen atoms in total. The van der Waals surface area contributed by atoms with Crippen molar-refractivity contribution in [1.29, 1.82) is 0 Å². The lowest BCUT2D eigenvalue weighted by Gasteiger charge is -2.58. The standard InChI is InChI=1S/C44H88O8Si4/c1-37(2)33-45-25-29-53(41-17-9-10-18-41)49-54(42-19-11-12-20-42,30-26-46-34-38(3)4)51-56(44-23-15-16-24-44,32-28-48-36-40(7)8)52-55(50-53,43-21-13-14-22-43)31-27-47-35-39(5)6/h37-44H,9-36H2,1-8H3. The maximum absolute atomic E-state index is 8.55. The Morgan fingerprint density at radius 3 is 0.679 bits per heavy atom. The van der Waals surface area contributed by atoms with Gasteiger partial charge in [0.2, 0.25) is 0 Å². The second-order valence-corrected chi connectivity index (χ2v) is 35.5. The Labute approximate surface area is 349 Å². The molecule has 0 aromatic rings. The Bertz CT molecular complexity index is 911. The third-order valence-electron chi connectivity index (χ3n) is 13.5. The molecule has 1 saturated heterocycles. The molecule has 0 aromatic carbocycles. The van der Waals surface area contributed by atoms with Gasteiger partial charge in [0, 0.05) is 99.2 Å². The van der Waals surface area contributed by atoms with Gasteiger partial charge in [0.1, 0.15) is 0 Å². The molecule has 56 heavy (non-hydrogen) atoms. The molecular formula is C44H88O8Si4. The van der Waals surface area contributed by atoms with E-state index in [0.717, 1.165) is 50.6 Å². The molecule has 4 aliphatic carbocycles. The molecule has 0 spiro atoms. The summed E-state index contributed by atoms with van der Waals surface area (Å²) >= 11 is 0. The highest BCUT2D eigenvalue weighted by Gasteiger charge is 2.69. The Balaban J connectivity index is 1.69. The van der Waals surface area contributed by atoms with Crippen LogP contribution in [-0.2, 0) is 35.4 Å². The first-order valence-corrected chi connectivity index (χ1v) is 32.4. The maximum atomic E-state index is 8.55. The average molecular weight is 858 g/mol. The molecule has 5 fully saturated rings. The molecule has 1 heterocycles. The summed E-state index contributed by atoms with van der Waals surface area (Å²) in [4.78, 5) is 0. The fourth-order valence-electron chi connectivity index (χ4n) is 10.7. The van der Waals surface area contributed by atoms with Crippen LogP contribution < -0.4 is 0 Å². The minimum Gasteiger partial charge on any atom is -0.415 e. The van der Waals surface area contributed by atoms with Crippen LogP contribution in [0.2, 0.25) is 46.3 Å². The second kappa shape index (κ2) is 23.1. The lowest BCUT2D eigenvalue weighted by Crippen LogP contribution is -2.74. The van der Waals surface area contributed by atoms with Crippen LogP contribution >= 0.6 is 0 Å². The summed E-state index contributed by atoms with van der Waals surface area (Å²) in [7, 11) is -12.0. The van der Waals surface area contributed by atoms with Gasteiger partial charge in [0.25, 0.3) is 0 Å². The quantitative estimate of drug-likeness (QED) is 0.0702. The second-order valence-electron chi connectivity index (χ2n) is 20.5. The maximum Gasteiger partial charge on any atom is 0.326 e. The molecule has 12 heteroatoms. The Morgan fingerprint density at radius 1 is 0.339 bits per heavy atom. The van der Waals surface area contributed by atoms with Gasteiger partial charge >= 0.3 is 34.2 Å². The van der Waals surface area contributed by atoms with Gasteiger partial charge in [-0.2, -0.15) is 0 Å². The summed E-state index contributed by atoms with van der Waals surface area (Å²) in [6.07, 6.45) is 19.7. The predicted molar refractivity (Wildman–Crippen MR) is 238 cm³/mol. The van der Waals surface area contributed by atoms with E-state index in [1.165, 1.54) is 103 Å². The first-order valence-electron chi connectivity index (χ1n) is 24.0. The normalized spacial score (nSPS) is 31.9. The van der Waals surface area contributed by atoms with Gasteiger partial charge in [0.15, 0.2) is 0 Å². The molecule has 328 valence electrons. The minimum absolute atomic E-state index is 0.446. The lowest BCUT2D eigenvalue weighted by molar-refractivity contribution is 0.0957. The zero-order valence-electron chi connectivity index (χ0n) is 37.7. The highest BCUT2D eigenvalue weighted by atomic mass is 28.5.